The highest BCUT2D eigenvalue weighted by molar-refractivity contribution is 5.65. The van der Waals surface area contributed by atoms with Crippen LogP contribution in [0.4, 0.5) is 0 Å². The lowest BCUT2D eigenvalue weighted by Crippen LogP contribution is -2.18. The SMILES string of the molecule is COc1ccc(-c2nc(C)c(CCO)c(=O)[nH]2)c(OC)c1. The topological polar surface area (TPSA) is 84.4 Å². The van der Waals surface area contributed by atoms with Crippen molar-refractivity contribution in [2.45, 2.75) is 13.3 Å². The number of benzene rings is 1. The van der Waals surface area contributed by atoms with Gasteiger partial charge in [0.15, 0.2) is 0 Å². The monoisotopic (exact) mass is 290 g/mol. The standard InChI is InChI=1S/C15H18N2O4/c1-9-11(6-7-18)15(19)17-14(16-9)12-5-4-10(20-2)8-13(12)21-3/h4-5,8,18H,6-7H2,1-3H3,(H,16,17,19). The second kappa shape index (κ2) is 6.41. The van der Waals surface area contributed by atoms with Gasteiger partial charge in [-0.2, -0.15) is 0 Å². The first-order chi connectivity index (χ1) is 10.1. The number of aryl methyl sites for hydroxylation is 1. The molecule has 0 spiro atoms. The van der Waals surface area contributed by atoms with Gasteiger partial charge in [0.1, 0.15) is 17.3 Å². The minimum Gasteiger partial charge on any atom is -0.497 e. The highest BCUT2D eigenvalue weighted by Crippen LogP contribution is 2.31. The van der Waals surface area contributed by atoms with Crippen molar-refractivity contribution in [1.29, 1.82) is 0 Å². The van der Waals surface area contributed by atoms with Crippen LogP contribution in [0.25, 0.3) is 11.4 Å². The van der Waals surface area contributed by atoms with Crippen molar-refractivity contribution < 1.29 is 14.6 Å². The van der Waals surface area contributed by atoms with Crippen molar-refractivity contribution in [3.63, 3.8) is 0 Å². The molecule has 1 heterocycles. The van der Waals surface area contributed by atoms with Crippen LogP contribution >= 0.6 is 0 Å². The quantitative estimate of drug-likeness (QED) is 0.867. The van der Waals surface area contributed by atoms with Gasteiger partial charge in [0.05, 0.1) is 19.8 Å². The molecule has 0 atom stereocenters. The lowest BCUT2D eigenvalue weighted by atomic mass is 10.1. The van der Waals surface area contributed by atoms with Crippen LogP contribution in [-0.4, -0.2) is 35.9 Å². The van der Waals surface area contributed by atoms with Crippen LogP contribution in [0, 0.1) is 6.92 Å². The number of methoxy groups -OCH3 is 2. The number of aromatic amines is 1. The van der Waals surface area contributed by atoms with Crippen LogP contribution in [-0.2, 0) is 6.42 Å². The summed E-state index contributed by atoms with van der Waals surface area (Å²) in [6, 6.07) is 5.28. The van der Waals surface area contributed by atoms with E-state index < -0.39 is 0 Å². The van der Waals surface area contributed by atoms with Crippen LogP contribution < -0.4 is 15.0 Å². The second-order valence-electron chi connectivity index (χ2n) is 4.52. The van der Waals surface area contributed by atoms with Gasteiger partial charge in [0.25, 0.3) is 5.56 Å². The third-order valence-electron chi connectivity index (χ3n) is 3.25. The summed E-state index contributed by atoms with van der Waals surface area (Å²) in [5.74, 6) is 1.65. The van der Waals surface area contributed by atoms with E-state index in [9.17, 15) is 4.79 Å². The summed E-state index contributed by atoms with van der Waals surface area (Å²) in [5.41, 5.74) is 1.52. The van der Waals surface area contributed by atoms with E-state index in [4.69, 9.17) is 14.6 Å². The summed E-state index contributed by atoms with van der Waals surface area (Å²) in [6.45, 7) is 1.66. The van der Waals surface area contributed by atoms with Crippen molar-refractivity contribution in [3.05, 3.63) is 39.8 Å². The van der Waals surface area contributed by atoms with Crippen molar-refractivity contribution in [2.75, 3.05) is 20.8 Å². The first kappa shape index (κ1) is 15.1. The maximum absolute atomic E-state index is 12.1. The summed E-state index contributed by atoms with van der Waals surface area (Å²) in [5, 5.41) is 8.98. The molecule has 1 aromatic heterocycles. The number of aliphatic hydroxyl groups excluding tert-OH is 1. The van der Waals surface area contributed by atoms with E-state index in [2.05, 4.69) is 9.97 Å². The Morgan fingerprint density at radius 1 is 1.29 bits per heavy atom. The molecule has 2 aromatic rings. The average Bonchev–Trinajstić information content (AvgIpc) is 2.50. The smallest absolute Gasteiger partial charge is 0.254 e. The molecule has 0 radical (unpaired) electrons. The Morgan fingerprint density at radius 2 is 2.05 bits per heavy atom. The van der Waals surface area contributed by atoms with Gasteiger partial charge in [0.2, 0.25) is 0 Å². The maximum atomic E-state index is 12.1. The molecule has 2 rings (SSSR count). The fraction of sp³-hybridized carbons (Fsp3) is 0.333. The lowest BCUT2D eigenvalue weighted by Gasteiger charge is -2.11. The summed E-state index contributed by atoms with van der Waals surface area (Å²) in [7, 11) is 3.12. The number of aromatic nitrogens is 2. The molecule has 2 N–H and O–H groups in total. The van der Waals surface area contributed by atoms with Gasteiger partial charge in [-0.15, -0.1) is 0 Å². The van der Waals surface area contributed by atoms with Gasteiger partial charge in [-0.25, -0.2) is 4.98 Å². The predicted octanol–water partition coefficient (Wildman–Crippen LogP) is 1.30. The van der Waals surface area contributed by atoms with Crippen LogP contribution in [0.3, 0.4) is 0 Å². The molecule has 0 unspecified atom stereocenters. The van der Waals surface area contributed by atoms with Crippen LogP contribution in [0.15, 0.2) is 23.0 Å². The van der Waals surface area contributed by atoms with Gasteiger partial charge in [-0.3, -0.25) is 4.79 Å². The number of hydrogen-bond donors (Lipinski definition) is 2. The zero-order valence-corrected chi connectivity index (χ0v) is 12.3. The van der Waals surface area contributed by atoms with Gasteiger partial charge in [-0.1, -0.05) is 0 Å². The molecule has 0 aliphatic carbocycles. The number of hydrogen-bond acceptors (Lipinski definition) is 5. The Balaban J connectivity index is 2.55. The Labute approximate surface area is 122 Å². The summed E-state index contributed by atoms with van der Waals surface area (Å²) < 4.78 is 10.5. The third-order valence-corrected chi connectivity index (χ3v) is 3.25. The Kier molecular flexibility index (Phi) is 4.59. The van der Waals surface area contributed by atoms with Gasteiger partial charge < -0.3 is 19.6 Å². The number of H-pyrrole nitrogens is 1. The van der Waals surface area contributed by atoms with Crippen LogP contribution in [0.5, 0.6) is 11.5 Å². The van der Waals surface area contributed by atoms with E-state index >= 15 is 0 Å². The minimum atomic E-state index is -0.246. The molecular formula is C15H18N2O4. The predicted molar refractivity (Wildman–Crippen MR) is 78.9 cm³/mol. The molecule has 0 bridgehead atoms. The van der Waals surface area contributed by atoms with Gasteiger partial charge >= 0.3 is 0 Å². The van der Waals surface area contributed by atoms with Gasteiger partial charge in [-0.05, 0) is 19.1 Å². The number of rotatable bonds is 5. The highest BCUT2D eigenvalue weighted by Gasteiger charge is 2.13. The molecular weight excluding hydrogens is 272 g/mol. The molecule has 0 aliphatic heterocycles. The van der Waals surface area contributed by atoms with E-state index in [1.165, 1.54) is 0 Å². The molecule has 112 valence electrons. The number of nitrogens with zero attached hydrogens (tertiary/aromatic N) is 1. The van der Waals surface area contributed by atoms with E-state index in [0.29, 0.717) is 34.1 Å². The van der Waals surface area contributed by atoms with Crippen LogP contribution in [0.2, 0.25) is 0 Å². The van der Waals surface area contributed by atoms with E-state index in [1.807, 2.05) is 0 Å². The summed E-state index contributed by atoms with van der Waals surface area (Å²) in [4.78, 5) is 19.2. The summed E-state index contributed by atoms with van der Waals surface area (Å²) >= 11 is 0. The van der Waals surface area contributed by atoms with Crippen molar-refractivity contribution in [3.8, 4) is 22.9 Å². The van der Waals surface area contributed by atoms with E-state index in [-0.39, 0.29) is 18.6 Å². The van der Waals surface area contributed by atoms with E-state index in [0.717, 1.165) is 0 Å². The first-order valence-corrected chi connectivity index (χ1v) is 6.53. The zero-order valence-electron chi connectivity index (χ0n) is 12.3. The van der Waals surface area contributed by atoms with Crippen LogP contribution in [0.1, 0.15) is 11.3 Å². The third kappa shape index (κ3) is 3.05. The molecule has 0 saturated carbocycles. The maximum Gasteiger partial charge on any atom is 0.254 e. The summed E-state index contributed by atoms with van der Waals surface area (Å²) in [6.07, 6.45) is 0.286. The average molecular weight is 290 g/mol. The van der Waals surface area contributed by atoms with Crippen molar-refractivity contribution >= 4 is 0 Å². The molecule has 21 heavy (non-hydrogen) atoms. The largest absolute Gasteiger partial charge is 0.497 e. The molecule has 6 nitrogen and oxygen atoms in total. The Morgan fingerprint density at radius 3 is 2.62 bits per heavy atom. The molecule has 1 aromatic carbocycles. The first-order valence-electron chi connectivity index (χ1n) is 6.53. The zero-order chi connectivity index (χ0) is 15.4. The normalized spacial score (nSPS) is 10.5. The van der Waals surface area contributed by atoms with Crippen molar-refractivity contribution in [1.82, 2.24) is 9.97 Å². The lowest BCUT2D eigenvalue weighted by molar-refractivity contribution is 0.298. The highest BCUT2D eigenvalue weighted by atomic mass is 16.5. The fourth-order valence-corrected chi connectivity index (χ4v) is 2.14. The number of aliphatic hydroxyl groups is 1. The van der Waals surface area contributed by atoms with E-state index in [1.54, 1.807) is 39.3 Å². The Hall–Kier alpha value is -2.34. The molecule has 0 aliphatic rings. The molecule has 0 saturated heterocycles. The molecule has 0 fully saturated rings. The molecule has 6 heteroatoms. The number of nitrogens with one attached hydrogen (secondary N) is 1. The van der Waals surface area contributed by atoms with Gasteiger partial charge in [0, 0.05) is 30.4 Å². The Bertz CT molecular complexity index is 695. The minimum absolute atomic E-state index is 0.0865. The van der Waals surface area contributed by atoms with Crippen molar-refractivity contribution in [2.24, 2.45) is 0 Å². The fourth-order valence-electron chi connectivity index (χ4n) is 2.14. The second-order valence-corrected chi connectivity index (χ2v) is 4.52. The number of ether oxygens (including phenoxy) is 2. The molecule has 0 amide bonds.